The van der Waals surface area contributed by atoms with Crippen molar-refractivity contribution in [2.75, 3.05) is 0 Å². The summed E-state index contributed by atoms with van der Waals surface area (Å²) in [6.07, 6.45) is 2.45. The van der Waals surface area contributed by atoms with E-state index in [4.69, 9.17) is 0 Å². The summed E-state index contributed by atoms with van der Waals surface area (Å²) in [4.78, 5) is 0. The fourth-order valence-corrected chi connectivity index (χ4v) is 2.38. The minimum absolute atomic E-state index is 0.183. The molecule has 1 atom stereocenters. The van der Waals surface area contributed by atoms with Crippen molar-refractivity contribution in [2.45, 2.75) is 26.0 Å². The molecule has 5 nitrogen and oxygen atoms in total. The molecular formula is C9H11BrN4OS. The van der Waals surface area contributed by atoms with Crippen LogP contribution in [0.25, 0.3) is 0 Å². The highest BCUT2D eigenvalue weighted by molar-refractivity contribution is 9.10. The van der Waals surface area contributed by atoms with Crippen molar-refractivity contribution in [3.63, 3.8) is 0 Å². The monoisotopic (exact) mass is 302 g/mol. The second-order valence-corrected chi connectivity index (χ2v) is 5.06. The highest BCUT2D eigenvalue weighted by atomic mass is 79.9. The van der Waals surface area contributed by atoms with Crippen LogP contribution in [0.2, 0.25) is 0 Å². The van der Waals surface area contributed by atoms with Crippen molar-refractivity contribution in [1.29, 1.82) is 0 Å². The summed E-state index contributed by atoms with van der Waals surface area (Å²) in [6, 6.07) is 0.183. The topological polar surface area (TPSA) is 63.8 Å². The van der Waals surface area contributed by atoms with Crippen molar-refractivity contribution in [1.82, 2.24) is 18.5 Å². The Morgan fingerprint density at radius 1 is 1.44 bits per heavy atom. The van der Waals surface area contributed by atoms with Crippen LogP contribution in [0, 0.1) is 0 Å². The number of nitrogens with zero attached hydrogens (tertiary/aromatic N) is 4. The molecule has 0 spiro atoms. The molecule has 0 bridgehead atoms. The summed E-state index contributed by atoms with van der Waals surface area (Å²) in [7, 11) is 0. The van der Waals surface area contributed by atoms with E-state index >= 15 is 0 Å². The zero-order valence-electron chi connectivity index (χ0n) is 8.83. The number of aromatic nitrogens is 4. The fourth-order valence-electron chi connectivity index (χ4n) is 1.45. The summed E-state index contributed by atoms with van der Waals surface area (Å²) >= 11 is 4.46. The summed E-state index contributed by atoms with van der Waals surface area (Å²) in [5.74, 6) is 0. The van der Waals surface area contributed by atoms with Crippen LogP contribution < -0.4 is 0 Å². The van der Waals surface area contributed by atoms with Gasteiger partial charge in [-0.3, -0.25) is 4.68 Å². The van der Waals surface area contributed by atoms with Gasteiger partial charge in [-0.25, -0.2) is 0 Å². The molecule has 0 fully saturated rings. The van der Waals surface area contributed by atoms with E-state index in [2.05, 4.69) is 29.8 Å². The van der Waals surface area contributed by atoms with Gasteiger partial charge < -0.3 is 5.11 Å². The Bertz CT molecular complexity index is 468. The van der Waals surface area contributed by atoms with E-state index in [9.17, 15) is 5.11 Å². The summed E-state index contributed by atoms with van der Waals surface area (Å²) in [5, 5.41) is 14.4. The van der Waals surface area contributed by atoms with Crippen LogP contribution in [0.15, 0.2) is 16.9 Å². The first kappa shape index (κ1) is 11.7. The minimum Gasteiger partial charge on any atom is -0.380 e. The van der Waals surface area contributed by atoms with E-state index in [1.165, 1.54) is 0 Å². The zero-order valence-corrected chi connectivity index (χ0v) is 11.2. The molecule has 0 radical (unpaired) electrons. The molecule has 0 aliphatic carbocycles. The number of hydrogen-bond donors (Lipinski definition) is 1. The van der Waals surface area contributed by atoms with Crippen molar-refractivity contribution < 1.29 is 5.11 Å². The number of aliphatic hydroxyl groups is 1. The lowest BCUT2D eigenvalue weighted by Crippen LogP contribution is -2.12. The Balaban J connectivity index is 2.43. The third kappa shape index (κ3) is 2.02. The van der Waals surface area contributed by atoms with Crippen LogP contribution >= 0.6 is 27.7 Å². The predicted octanol–water partition coefficient (Wildman–Crippen LogP) is 2.16. The lowest BCUT2D eigenvalue weighted by molar-refractivity contribution is 0.200. The first-order valence-electron chi connectivity index (χ1n) is 4.79. The fraction of sp³-hybridized carbons (Fsp3) is 0.444. The molecule has 16 heavy (non-hydrogen) atoms. The first-order valence-corrected chi connectivity index (χ1v) is 6.32. The van der Waals surface area contributed by atoms with Gasteiger partial charge in [0, 0.05) is 6.04 Å². The Kier molecular flexibility index (Phi) is 3.36. The zero-order chi connectivity index (χ0) is 11.7. The van der Waals surface area contributed by atoms with Crippen molar-refractivity contribution >= 4 is 27.7 Å². The molecule has 1 N–H and O–H groups in total. The molecule has 2 rings (SSSR count). The number of halogens is 1. The van der Waals surface area contributed by atoms with Gasteiger partial charge in [-0.2, -0.15) is 13.8 Å². The van der Waals surface area contributed by atoms with Crippen LogP contribution in [-0.2, 0) is 0 Å². The van der Waals surface area contributed by atoms with Gasteiger partial charge in [0.15, 0.2) is 0 Å². The molecule has 2 aromatic heterocycles. The molecular weight excluding hydrogens is 292 g/mol. The summed E-state index contributed by atoms with van der Waals surface area (Å²) in [6.45, 7) is 4.02. The second-order valence-electron chi connectivity index (χ2n) is 3.65. The normalized spacial score (nSPS) is 13.3. The average molecular weight is 303 g/mol. The quantitative estimate of drug-likeness (QED) is 0.944. The maximum Gasteiger partial charge on any atom is 0.141 e. The smallest absolute Gasteiger partial charge is 0.141 e. The maximum atomic E-state index is 10.2. The van der Waals surface area contributed by atoms with Crippen LogP contribution in [0.5, 0.6) is 0 Å². The Hall–Kier alpha value is -0.790. The van der Waals surface area contributed by atoms with Gasteiger partial charge in [0.2, 0.25) is 0 Å². The Morgan fingerprint density at radius 2 is 2.19 bits per heavy atom. The largest absolute Gasteiger partial charge is 0.380 e. The molecule has 0 saturated carbocycles. The van der Waals surface area contributed by atoms with E-state index in [0.29, 0.717) is 11.4 Å². The van der Waals surface area contributed by atoms with E-state index in [-0.39, 0.29) is 6.04 Å². The van der Waals surface area contributed by atoms with Gasteiger partial charge in [0.25, 0.3) is 0 Å². The van der Waals surface area contributed by atoms with E-state index in [1.807, 2.05) is 13.8 Å². The molecule has 1 unspecified atom stereocenters. The number of hydrogen-bond acceptors (Lipinski definition) is 5. The standard InChI is InChI=1S/C9H11BrN4OS/c1-5(2)14-8(6(10)3-11-14)9(15)7-4-12-16-13-7/h3-5,9,15H,1-2H3. The van der Waals surface area contributed by atoms with Gasteiger partial charge in [0.1, 0.15) is 11.8 Å². The van der Waals surface area contributed by atoms with E-state index in [0.717, 1.165) is 16.2 Å². The molecule has 86 valence electrons. The molecule has 0 aromatic carbocycles. The summed E-state index contributed by atoms with van der Waals surface area (Å²) in [5.41, 5.74) is 1.26. The molecule has 0 amide bonds. The van der Waals surface area contributed by atoms with E-state index < -0.39 is 6.10 Å². The van der Waals surface area contributed by atoms with Crippen LogP contribution in [0.4, 0.5) is 0 Å². The third-order valence-electron chi connectivity index (χ3n) is 2.19. The van der Waals surface area contributed by atoms with E-state index in [1.54, 1.807) is 17.1 Å². The van der Waals surface area contributed by atoms with Gasteiger partial charge in [-0.15, -0.1) is 0 Å². The summed E-state index contributed by atoms with van der Waals surface area (Å²) < 4.78 is 10.5. The van der Waals surface area contributed by atoms with Crippen LogP contribution in [0.3, 0.4) is 0 Å². The van der Waals surface area contributed by atoms with Gasteiger partial charge in [-0.05, 0) is 29.8 Å². The molecule has 2 aromatic rings. The molecule has 0 saturated heterocycles. The number of rotatable bonds is 3. The van der Waals surface area contributed by atoms with Crippen molar-refractivity contribution in [3.05, 3.63) is 28.3 Å². The number of aliphatic hydroxyl groups excluding tert-OH is 1. The third-order valence-corrected chi connectivity index (χ3v) is 3.30. The predicted molar refractivity (Wildman–Crippen MR) is 64.3 cm³/mol. The maximum absolute atomic E-state index is 10.2. The Labute approximate surface area is 106 Å². The molecule has 7 heteroatoms. The SMILES string of the molecule is CC(C)n1ncc(Br)c1C(O)c1cnsn1. The lowest BCUT2D eigenvalue weighted by Gasteiger charge is -2.14. The van der Waals surface area contributed by atoms with Gasteiger partial charge in [0.05, 0.1) is 34.3 Å². The van der Waals surface area contributed by atoms with Crippen molar-refractivity contribution in [2.24, 2.45) is 0 Å². The van der Waals surface area contributed by atoms with Crippen molar-refractivity contribution in [3.8, 4) is 0 Å². The van der Waals surface area contributed by atoms with Gasteiger partial charge >= 0.3 is 0 Å². The highest BCUT2D eigenvalue weighted by Crippen LogP contribution is 2.29. The van der Waals surface area contributed by atoms with Crippen LogP contribution in [-0.4, -0.2) is 23.6 Å². The first-order chi connectivity index (χ1) is 7.61. The molecule has 0 aliphatic rings. The highest BCUT2D eigenvalue weighted by Gasteiger charge is 2.22. The minimum atomic E-state index is -0.793. The van der Waals surface area contributed by atoms with Crippen LogP contribution in [0.1, 0.15) is 37.4 Å². The second kappa shape index (κ2) is 4.60. The molecule has 0 aliphatic heterocycles. The van der Waals surface area contributed by atoms with Gasteiger partial charge in [-0.1, -0.05) is 0 Å². The lowest BCUT2D eigenvalue weighted by atomic mass is 10.2. The molecule has 2 heterocycles. The average Bonchev–Trinajstić information content (AvgIpc) is 2.84. The Morgan fingerprint density at radius 3 is 2.75 bits per heavy atom.